The van der Waals surface area contributed by atoms with Crippen molar-refractivity contribution < 1.29 is 37.1 Å². The summed E-state index contributed by atoms with van der Waals surface area (Å²) in [6.45, 7) is 4.15. The topological polar surface area (TPSA) is 178 Å². The van der Waals surface area contributed by atoms with E-state index in [0.29, 0.717) is 38.1 Å². The van der Waals surface area contributed by atoms with Gasteiger partial charge in [0.25, 0.3) is 11.9 Å². The van der Waals surface area contributed by atoms with Gasteiger partial charge in [-0.15, -0.1) is 0 Å². The van der Waals surface area contributed by atoms with Gasteiger partial charge in [0, 0.05) is 18.4 Å². The summed E-state index contributed by atoms with van der Waals surface area (Å²) in [6.07, 6.45) is 7.79. The largest absolute Gasteiger partial charge is 0.459 e. The second kappa shape index (κ2) is 14.0. The van der Waals surface area contributed by atoms with Crippen molar-refractivity contribution >= 4 is 44.9 Å². The molecule has 49 heavy (non-hydrogen) atoms. The van der Waals surface area contributed by atoms with Crippen molar-refractivity contribution in [3.05, 3.63) is 36.4 Å². The minimum atomic E-state index is -3.87. The lowest BCUT2D eigenvalue weighted by atomic mass is 10.1. The number of methoxy groups -OCH3 is 1. The third-order valence-electron chi connectivity index (χ3n) is 10.2. The zero-order chi connectivity index (χ0) is 34.9. The lowest BCUT2D eigenvalue weighted by molar-refractivity contribution is -0.141. The van der Waals surface area contributed by atoms with Crippen molar-refractivity contribution in [1.82, 2.24) is 29.8 Å². The molecule has 2 aliphatic heterocycles. The monoisotopic (exact) mass is 698 g/mol. The molecule has 4 amide bonds. The number of carbonyl (C=O) groups is 4. The van der Waals surface area contributed by atoms with Gasteiger partial charge < -0.3 is 25.0 Å². The average molecular weight is 699 g/mol. The fourth-order valence-corrected chi connectivity index (χ4v) is 8.28. The molecule has 15 heteroatoms. The van der Waals surface area contributed by atoms with Crippen LogP contribution in [0.25, 0.3) is 11.0 Å². The van der Waals surface area contributed by atoms with Gasteiger partial charge in [-0.2, -0.15) is 4.98 Å². The molecule has 2 aliphatic carbocycles. The van der Waals surface area contributed by atoms with Gasteiger partial charge in [-0.3, -0.25) is 23.7 Å². The van der Waals surface area contributed by atoms with Gasteiger partial charge in [0.1, 0.15) is 23.7 Å². The number of sulfonamides is 1. The van der Waals surface area contributed by atoms with Crippen LogP contribution in [0.2, 0.25) is 0 Å². The molecule has 0 spiro atoms. The molecule has 6 atom stereocenters. The Bertz CT molecular complexity index is 1740. The molecule has 1 unspecified atom stereocenters. The summed E-state index contributed by atoms with van der Waals surface area (Å²) in [5.41, 5.74) is 0.180. The van der Waals surface area contributed by atoms with Crippen LogP contribution in [-0.2, 0) is 29.1 Å². The van der Waals surface area contributed by atoms with Crippen LogP contribution in [0.1, 0.15) is 84.1 Å². The van der Waals surface area contributed by atoms with Crippen molar-refractivity contribution in [1.29, 1.82) is 0 Å². The first-order chi connectivity index (χ1) is 23.5. The minimum absolute atomic E-state index is 0.0264. The number of ether oxygens (including phenoxy) is 2. The number of amides is 4. The van der Waals surface area contributed by atoms with Crippen LogP contribution in [0.3, 0.4) is 0 Å². The van der Waals surface area contributed by atoms with Gasteiger partial charge in [0.05, 0.1) is 29.9 Å². The normalized spacial score (nSPS) is 29.0. The molecule has 1 saturated heterocycles. The van der Waals surface area contributed by atoms with E-state index in [0.717, 1.165) is 30.3 Å². The Morgan fingerprint density at radius 1 is 1.14 bits per heavy atom. The van der Waals surface area contributed by atoms with E-state index in [1.165, 1.54) is 12.0 Å². The summed E-state index contributed by atoms with van der Waals surface area (Å²) in [5.74, 6) is -2.25. The molecular formula is C34H46N6O8S. The van der Waals surface area contributed by atoms with Gasteiger partial charge in [-0.05, 0) is 64.0 Å². The summed E-state index contributed by atoms with van der Waals surface area (Å²) in [5, 5.41) is 4.91. The number of carbonyl (C=O) groups excluding carboxylic acids is 4. The minimum Gasteiger partial charge on any atom is -0.459 e. The number of hydrogen-bond donors (Lipinski definition) is 3. The molecule has 0 bridgehead atoms. The van der Waals surface area contributed by atoms with E-state index in [-0.39, 0.29) is 25.4 Å². The number of allylic oxidation sites excluding steroid dienone is 1. The number of hydrogen-bond acceptors (Lipinski definition) is 9. The number of fused-ring (bicyclic) bond motifs is 3. The van der Waals surface area contributed by atoms with Gasteiger partial charge >= 0.3 is 6.09 Å². The van der Waals surface area contributed by atoms with Crippen molar-refractivity contribution in [2.45, 2.75) is 113 Å². The quantitative estimate of drug-likeness (QED) is 0.350. The molecule has 0 radical (unpaired) electrons. The Balaban J connectivity index is 1.32. The molecule has 3 heterocycles. The van der Waals surface area contributed by atoms with E-state index in [4.69, 9.17) is 14.5 Å². The van der Waals surface area contributed by atoms with Crippen molar-refractivity contribution in [3.63, 3.8) is 0 Å². The summed E-state index contributed by atoms with van der Waals surface area (Å²) >= 11 is 0. The Morgan fingerprint density at radius 2 is 1.92 bits per heavy atom. The Labute approximate surface area is 286 Å². The molecule has 14 nitrogen and oxygen atoms in total. The number of rotatable bonds is 8. The first kappa shape index (κ1) is 34.7. The highest BCUT2D eigenvalue weighted by atomic mass is 32.2. The second-order valence-corrected chi connectivity index (χ2v) is 15.7. The number of para-hydroxylation sites is 2. The van der Waals surface area contributed by atoms with Crippen LogP contribution in [-0.4, -0.2) is 89.3 Å². The smallest absolute Gasteiger partial charge is 0.407 e. The zero-order valence-electron chi connectivity index (χ0n) is 28.2. The summed E-state index contributed by atoms with van der Waals surface area (Å²) in [7, 11) is -2.65. The van der Waals surface area contributed by atoms with E-state index < -0.39 is 68.7 Å². The van der Waals surface area contributed by atoms with Crippen LogP contribution in [0.15, 0.2) is 36.4 Å². The summed E-state index contributed by atoms with van der Waals surface area (Å²) in [4.78, 5) is 60.6. The molecule has 3 N–H and O–H groups in total. The van der Waals surface area contributed by atoms with Gasteiger partial charge in [0.15, 0.2) is 0 Å². The van der Waals surface area contributed by atoms with E-state index in [1.807, 2.05) is 41.0 Å². The highest BCUT2D eigenvalue weighted by Crippen LogP contribution is 2.46. The Morgan fingerprint density at radius 3 is 2.65 bits per heavy atom. The van der Waals surface area contributed by atoms with Gasteiger partial charge in [-0.1, -0.05) is 44.1 Å². The van der Waals surface area contributed by atoms with Gasteiger partial charge in [-0.25, -0.2) is 13.2 Å². The molecule has 6 rings (SSSR count). The Hall–Kier alpha value is -4.14. The molecular weight excluding hydrogens is 652 g/mol. The average Bonchev–Trinajstić information content (AvgIpc) is 3.98. The molecule has 3 fully saturated rings. The number of nitrogens with one attached hydrogen (secondary N) is 3. The fourth-order valence-electron chi connectivity index (χ4n) is 6.91. The number of alkyl carbamates (subject to hydrolysis) is 1. The first-order valence-corrected chi connectivity index (χ1v) is 18.8. The van der Waals surface area contributed by atoms with E-state index >= 15 is 0 Å². The molecule has 266 valence electrons. The fraction of sp³-hybridized carbons (Fsp3) is 0.618. The van der Waals surface area contributed by atoms with Crippen molar-refractivity contribution in [2.24, 2.45) is 5.92 Å². The maximum absolute atomic E-state index is 14.2. The summed E-state index contributed by atoms with van der Waals surface area (Å²) < 4.78 is 41.1. The maximum Gasteiger partial charge on any atom is 0.407 e. The molecule has 2 aromatic rings. The third kappa shape index (κ3) is 7.26. The van der Waals surface area contributed by atoms with E-state index in [1.54, 1.807) is 0 Å². The third-order valence-corrected chi connectivity index (χ3v) is 12.0. The van der Waals surface area contributed by atoms with Crippen LogP contribution in [0, 0.1) is 5.92 Å². The highest BCUT2D eigenvalue weighted by molar-refractivity contribution is 7.91. The molecule has 4 aliphatic rings. The number of benzene rings is 1. The number of nitrogens with zero attached hydrogens (tertiary/aromatic N) is 3. The highest BCUT2D eigenvalue weighted by Gasteiger charge is 2.62. The first-order valence-electron chi connectivity index (χ1n) is 17.3. The van der Waals surface area contributed by atoms with Crippen LogP contribution in [0.5, 0.6) is 6.01 Å². The molecule has 1 aromatic heterocycles. The summed E-state index contributed by atoms with van der Waals surface area (Å²) in [6, 6.07) is 6.09. The SMILES string of the molecule is CCC(C)n1c(O[C@@H]2C[C@H]3C(=O)N[C@]4(C(=O)NS(=O)(=O)C5CC5)C[C@H]4/C=C\CCCCC[C@H](NC(=O)OC)C(=O)N3C2)nc2ccccc21. The van der Waals surface area contributed by atoms with E-state index in [9.17, 15) is 27.6 Å². The standard InChI is InChI=1S/C34H46N6O8S/c1-4-21(2)40-27-15-11-10-13-25(27)35-32(40)48-23-18-28-29(41)37-34(31(43)38-49(45,46)24-16-17-24)19-22(34)12-8-6-5-7-9-14-26(36-33(44)47-3)30(42)39(28)20-23/h8,10-13,15,21-24,26,28H,4-7,9,14,16-20H2,1-3H3,(H,36,44)(H,37,41)(H,38,43)/b12-8-/t21?,22-,23-,26+,28+,34-/m1/s1. The lowest BCUT2D eigenvalue weighted by Crippen LogP contribution is -2.58. The number of imidazole rings is 1. The molecule has 1 aromatic carbocycles. The van der Waals surface area contributed by atoms with Crippen LogP contribution >= 0.6 is 0 Å². The predicted molar refractivity (Wildman–Crippen MR) is 180 cm³/mol. The van der Waals surface area contributed by atoms with Crippen molar-refractivity contribution in [2.75, 3.05) is 13.7 Å². The molecule has 2 saturated carbocycles. The predicted octanol–water partition coefficient (Wildman–Crippen LogP) is 3.08. The second-order valence-electron chi connectivity index (χ2n) is 13.7. The van der Waals surface area contributed by atoms with Crippen LogP contribution in [0.4, 0.5) is 4.79 Å². The number of aromatic nitrogens is 2. The van der Waals surface area contributed by atoms with E-state index in [2.05, 4.69) is 29.2 Å². The lowest BCUT2D eigenvalue weighted by Gasteiger charge is -2.29. The maximum atomic E-state index is 14.2. The van der Waals surface area contributed by atoms with Crippen molar-refractivity contribution in [3.8, 4) is 6.01 Å². The zero-order valence-corrected chi connectivity index (χ0v) is 29.0. The van der Waals surface area contributed by atoms with Crippen LogP contribution < -0.4 is 20.1 Å². The Kier molecular flexibility index (Phi) is 9.92. The van der Waals surface area contributed by atoms with Gasteiger partial charge in [0.2, 0.25) is 21.8 Å².